The molecule has 0 unspecified atom stereocenters. The lowest BCUT2D eigenvalue weighted by molar-refractivity contribution is -0.153. The number of hydrogen-bond donors (Lipinski definition) is 1. The molecule has 0 spiro atoms. The monoisotopic (exact) mass is 611 g/mol. The van der Waals surface area contributed by atoms with Gasteiger partial charge in [-0.15, -0.1) is 0 Å². The Morgan fingerprint density at radius 2 is 1.66 bits per heavy atom. The van der Waals surface area contributed by atoms with Crippen molar-refractivity contribution in [2.45, 2.75) is 63.7 Å². The van der Waals surface area contributed by atoms with E-state index >= 15 is 0 Å². The van der Waals surface area contributed by atoms with Gasteiger partial charge in [0, 0.05) is 46.4 Å². The zero-order chi connectivity index (χ0) is 30.9. The predicted octanol–water partition coefficient (Wildman–Crippen LogP) is 3.36. The molecule has 0 saturated carbocycles. The van der Waals surface area contributed by atoms with Crippen LogP contribution >= 0.6 is 0 Å². The average Bonchev–Trinajstić information content (AvgIpc) is 3.03. The number of anilines is 1. The number of nitrogens with zero attached hydrogens (tertiary/aromatic N) is 2. The molecule has 0 bridgehead atoms. The fraction of sp³-hybridized carbons (Fsp3) is 0.618. The molecule has 44 heavy (non-hydrogen) atoms. The van der Waals surface area contributed by atoms with E-state index in [1.54, 1.807) is 14.2 Å². The van der Waals surface area contributed by atoms with Crippen LogP contribution in [0, 0.1) is 0 Å². The summed E-state index contributed by atoms with van der Waals surface area (Å²) in [5, 5.41) is 3.50. The first-order valence-electron chi connectivity index (χ1n) is 15.9. The summed E-state index contributed by atoms with van der Waals surface area (Å²) in [7, 11) is 3.44. The number of carbonyl (C=O) groups is 1. The first kappa shape index (κ1) is 32.7. The van der Waals surface area contributed by atoms with Gasteiger partial charge in [-0.1, -0.05) is 30.3 Å². The van der Waals surface area contributed by atoms with Crippen LogP contribution in [0.1, 0.15) is 42.9 Å². The van der Waals surface area contributed by atoms with Gasteiger partial charge in [-0.2, -0.15) is 0 Å². The molecule has 2 fully saturated rings. The van der Waals surface area contributed by atoms with E-state index in [4.69, 9.17) is 28.4 Å². The number of carbonyl (C=O) groups excluding carboxylic acids is 1. The molecule has 0 aliphatic carbocycles. The van der Waals surface area contributed by atoms with Crippen LogP contribution < -0.4 is 15.0 Å². The maximum Gasteiger partial charge on any atom is 0.249 e. The number of piperidine rings is 1. The maximum absolute atomic E-state index is 13.3. The lowest BCUT2D eigenvalue weighted by Gasteiger charge is -2.41. The fourth-order valence-corrected chi connectivity index (χ4v) is 6.61. The van der Waals surface area contributed by atoms with Crippen molar-refractivity contribution in [3.05, 3.63) is 59.2 Å². The van der Waals surface area contributed by atoms with Gasteiger partial charge in [-0.25, -0.2) is 0 Å². The van der Waals surface area contributed by atoms with E-state index < -0.39 is 0 Å². The molecule has 2 saturated heterocycles. The largest absolute Gasteiger partial charge is 0.490 e. The van der Waals surface area contributed by atoms with Gasteiger partial charge >= 0.3 is 0 Å². The van der Waals surface area contributed by atoms with E-state index in [0.29, 0.717) is 46.1 Å². The number of rotatable bonds is 13. The van der Waals surface area contributed by atoms with Gasteiger partial charge in [0.2, 0.25) is 5.91 Å². The van der Waals surface area contributed by atoms with Crippen LogP contribution in [0.4, 0.5) is 5.69 Å². The van der Waals surface area contributed by atoms with Crippen LogP contribution in [0.3, 0.4) is 0 Å². The van der Waals surface area contributed by atoms with Gasteiger partial charge in [0.15, 0.2) is 0 Å². The van der Waals surface area contributed by atoms with E-state index in [2.05, 4.69) is 46.6 Å². The first-order valence-corrected chi connectivity index (χ1v) is 15.9. The molecule has 10 nitrogen and oxygen atoms in total. The van der Waals surface area contributed by atoms with Crippen molar-refractivity contribution in [3.8, 4) is 5.75 Å². The molecule has 0 aromatic heterocycles. The molecule has 0 radical (unpaired) electrons. The number of ether oxygens (including phenoxy) is 6. The number of hydrogen-bond acceptors (Lipinski definition) is 9. The number of amides is 1. The van der Waals surface area contributed by atoms with Gasteiger partial charge in [-0.3, -0.25) is 4.79 Å². The van der Waals surface area contributed by atoms with Crippen LogP contribution in [-0.4, -0.2) is 109 Å². The highest BCUT2D eigenvalue weighted by Gasteiger charge is 2.37. The Labute approximate surface area is 261 Å². The Hall–Kier alpha value is -2.73. The second kappa shape index (κ2) is 16.0. The summed E-state index contributed by atoms with van der Waals surface area (Å²) >= 11 is 0. The van der Waals surface area contributed by atoms with Crippen molar-refractivity contribution >= 4 is 11.6 Å². The Balaban J connectivity index is 1.30. The molecule has 3 aliphatic rings. The van der Waals surface area contributed by atoms with E-state index in [0.717, 1.165) is 54.2 Å². The zero-order valence-corrected chi connectivity index (χ0v) is 26.7. The molecule has 242 valence electrons. The molecule has 10 heteroatoms. The highest BCUT2D eigenvalue weighted by Crippen LogP contribution is 2.35. The molecule has 5 atom stereocenters. The Bertz CT molecular complexity index is 1190. The van der Waals surface area contributed by atoms with E-state index in [1.807, 2.05) is 24.8 Å². The number of morpholine rings is 1. The first-order chi connectivity index (χ1) is 21.5. The summed E-state index contributed by atoms with van der Waals surface area (Å²) in [5.74, 6) is 0.858. The molecule has 2 aromatic rings. The minimum absolute atomic E-state index is 0.00290. The Morgan fingerprint density at radius 1 is 0.932 bits per heavy atom. The topological polar surface area (TPSA) is 91.0 Å². The van der Waals surface area contributed by atoms with Gasteiger partial charge in [0.05, 0.1) is 63.0 Å². The van der Waals surface area contributed by atoms with Crippen LogP contribution in [0.15, 0.2) is 42.5 Å². The van der Waals surface area contributed by atoms with Crippen molar-refractivity contribution in [3.63, 3.8) is 0 Å². The molecule has 3 aliphatic heterocycles. The number of benzene rings is 2. The minimum atomic E-state index is -0.231. The molecular weight excluding hydrogens is 562 g/mol. The van der Waals surface area contributed by atoms with Crippen LogP contribution in [0.2, 0.25) is 0 Å². The third-order valence-corrected chi connectivity index (χ3v) is 8.77. The van der Waals surface area contributed by atoms with Crippen molar-refractivity contribution < 1.29 is 33.2 Å². The van der Waals surface area contributed by atoms with Crippen molar-refractivity contribution in [2.75, 3.05) is 78.3 Å². The summed E-state index contributed by atoms with van der Waals surface area (Å²) in [5.41, 5.74) is 4.43. The van der Waals surface area contributed by atoms with Crippen molar-refractivity contribution in [2.24, 2.45) is 0 Å². The summed E-state index contributed by atoms with van der Waals surface area (Å²) in [6.45, 7) is 10.7. The SMILES string of the molecule is COCCCN1CCOc2ccc(CO[C@H]3CNC[C@@H](OCC(=O)N4[C@H](C)COC[C@@H]4C)[C@@H]3c3ccc(COC)cc3)cc21. The van der Waals surface area contributed by atoms with Gasteiger partial charge in [-0.05, 0) is 49.1 Å². The van der Waals surface area contributed by atoms with Crippen LogP contribution in [0.5, 0.6) is 5.75 Å². The standard InChI is InChI=1S/C34H49N3O7/c1-24-19-41-20-25(2)37(24)33(38)23-44-32-18-35-17-31(34(32)28-9-6-26(7-10-28)21-40-4)43-22-27-8-11-30-29(16-27)36(13-15-42-30)12-5-14-39-3/h6-11,16,24-25,31-32,34-35H,5,12-15,17-23H2,1-4H3/t24-,25+,31-,32+,34+/m0/s1. The summed E-state index contributed by atoms with van der Waals surface area (Å²) in [4.78, 5) is 17.6. The average molecular weight is 612 g/mol. The summed E-state index contributed by atoms with van der Waals surface area (Å²) < 4.78 is 35.3. The van der Waals surface area contributed by atoms with Crippen LogP contribution in [0.25, 0.3) is 0 Å². The maximum atomic E-state index is 13.3. The van der Waals surface area contributed by atoms with Crippen LogP contribution in [-0.2, 0) is 41.7 Å². The molecule has 5 rings (SSSR count). The normalized spacial score (nSPS) is 25.4. The van der Waals surface area contributed by atoms with Crippen molar-refractivity contribution in [1.29, 1.82) is 0 Å². The number of methoxy groups -OCH3 is 2. The third kappa shape index (κ3) is 8.10. The Morgan fingerprint density at radius 3 is 2.39 bits per heavy atom. The van der Waals surface area contributed by atoms with E-state index in [9.17, 15) is 4.79 Å². The lowest BCUT2D eigenvalue weighted by Crippen LogP contribution is -2.55. The highest BCUT2D eigenvalue weighted by atomic mass is 16.5. The number of nitrogens with one attached hydrogen (secondary N) is 1. The van der Waals surface area contributed by atoms with Gasteiger partial charge < -0.3 is 43.5 Å². The molecule has 3 heterocycles. The van der Waals surface area contributed by atoms with E-state index in [-0.39, 0.29) is 42.7 Å². The quantitative estimate of drug-likeness (QED) is 0.343. The second-order valence-corrected chi connectivity index (χ2v) is 12.1. The molecule has 2 aromatic carbocycles. The highest BCUT2D eigenvalue weighted by molar-refractivity contribution is 5.78. The predicted molar refractivity (Wildman–Crippen MR) is 168 cm³/mol. The lowest BCUT2D eigenvalue weighted by atomic mass is 9.85. The van der Waals surface area contributed by atoms with Gasteiger partial charge in [0.1, 0.15) is 19.0 Å². The smallest absolute Gasteiger partial charge is 0.249 e. The summed E-state index contributed by atoms with van der Waals surface area (Å²) in [6, 6.07) is 14.8. The number of fused-ring (bicyclic) bond motifs is 1. The van der Waals surface area contributed by atoms with Gasteiger partial charge in [0.25, 0.3) is 0 Å². The van der Waals surface area contributed by atoms with E-state index in [1.165, 1.54) is 0 Å². The molecular formula is C34H49N3O7. The molecule has 1 N–H and O–H groups in total. The molecule has 1 amide bonds. The second-order valence-electron chi connectivity index (χ2n) is 12.1. The third-order valence-electron chi connectivity index (χ3n) is 8.77. The zero-order valence-electron chi connectivity index (χ0n) is 26.7. The fourth-order valence-electron chi connectivity index (χ4n) is 6.61. The van der Waals surface area contributed by atoms with Crippen molar-refractivity contribution in [1.82, 2.24) is 10.2 Å². The minimum Gasteiger partial charge on any atom is -0.490 e. The Kier molecular flexibility index (Phi) is 11.9. The summed E-state index contributed by atoms with van der Waals surface area (Å²) in [6.07, 6.45) is 0.581.